The van der Waals surface area contributed by atoms with Crippen molar-refractivity contribution in [2.24, 2.45) is 5.10 Å². The van der Waals surface area contributed by atoms with Gasteiger partial charge in [0.15, 0.2) is 5.76 Å². The zero-order valence-corrected chi connectivity index (χ0v) is 16.0. The lowest BCUT2D eigenvalue weighted by atomic mass is 10.3. The van der Waals surface area contributed by atoms with Gasteiger partial charge in [-0.25, -0.2) is 5.43 Å². The number of benzene rings is 2. The fourth-order valence-electron chi connectivity index (χ4n) is 2.50. The first-order valence-electron chi connectivity index (χ1n) is 9.09. The summed E-state index contributed by atoms with van der Waals surface area (Å²) in [5, 5.41) is 20.9. The number of nitrogens with zero attached hydrogens (tertiary/aromatic N) is 5. The molecule has 3 N–H and O–H groups in total. The second-order valence-corrected chi connectivity index (χ2v) is 6.09. The number of rotatable bonds is 8. The molecule has 0 aliphatic heterocycles. The van der Waals surface area contributed by atoms with Gasteiger partial charge < -0.3 is 15.1 Å². The minimum atomic E-state index is -0.625. The summed E-state index contributed by atoms with van der Waals surface area (Å²) in [6.07, 6.45) is 1.28. The van der Waals surface area contributed by atoms with E-state index in [1.54, 1.807) is 0 Å². The normalized spacial score (nSPS) is 10.7. The zero-order chi connectivity index (χ0) is 21.5. The number of nitro groups is 1. The highest BCUT2D eigenvalue weighted by atomic mass is 16.6. The van der Waals surface area contributed by atoms with Gasteiger partial charge in [0.25, 0.3) is 0 Å². The summed E-state index contributed by atoms with van der Waals surface area (Å²) in [5.41, 5.74) is 4.29. The van der Waals surface area contributed by atoms with E-state index in [1.165, 1.54) is 18.3 Å². The van der Waals surface area contributed by atoms with Crippen LogP contribution in [0.25, 0.3) is 0 Å². The molecule has 4 aromatic rings. The Morgan fingerprint density at radius 2 is 1.35 bits per heavy atom. The number of aromatic nitrogens is 3. The highest BCUT2D eigenvalue weighted by molar-refractivity contribution is 5.76. The average Bonchev–Trinajstić information content (AvgIpc) is 3.24. The van der Waals surface area contributed by atoms with Crippen LogP contribution in [-0.2, 0) is 0 Å². The van der Waals surface area contributed by atoms with Crippen molar-refractivity contribution in [1.82, 2.24) is 15.0 Å². The van der Waals surface area contributed by atoms with Crippen LogP contribution < -0.4 is 16.1 Å². The van der Waals surface area contributed by atoms with Crippen molar-refractivity contribution < 1.29 is 9.34 Å². The fraction of sp³-hybridized carbons (Fsp3) is 0. The molecule has 0 atom stereocenters. The molecule has 2 aromatic carbocycles. The Balaban J connectivity index is 1.55. The average molecular weight is 416 g/mol. The Kier molecular flexibility index (Phi) is 5.75. The lowest BCUT2D eigenvalue weighted by Gasteiger charge is -2.10. The molecule has 0 saturated carbocycles. The molecular formula is C20H16N8O3. The smallest absolute Gasteiger partial charge is 0.400 e. The lowest BCUT2D eigenvalue weighted by molar-refractivity contribution is -0.402. The summed E-state index contributed by atoms with van der Waals surface area (Å²) < 4.78 is 5.02. The van der Waals surface area contributed by atoms with Gasteiger partial charge in [-0.15, -0.1) is 0 Å². The van der Waals surface area contributed by atoms with Crippen molar-refractivity contribution >= 4 is 41.3 Å². The molecule has 11 heteroatoms. The van der Waals surface area contributed by atoms with Crippen LogP contribution in [-0.4, -0.2) is 26.1 Å². The second-order valence-electron chi connectivity index (χ2n) is 6.09. The quantitative estimate of drug-likeness (QED) is 0.217. The molecule has 2 heterocycles. The number of furan rings is 1. The van der Waals surface area contributed by atoms with Crippen molar-refractivity contribution in [3.8, 4) is 0 Å². The van der Waals surface area contributed by atoms with E-state index in [4.69, 9.17) is 4.42 Å². The van der Waals surface area contributed by atoms with E-state index in [0.29, 0.717) is 11.9 Å². The maximum atomic E-state index is 10.7. The maximum Gasteiger partial charge on any atom is 0.433 e. The van der Waals surface area contributed by atoms with Crippen LogP contribution in [0, 0.1) is 10.1 Å². The summed E-state index contributed by atoms with van der Waals surface area (Å²) in [6, 6.07) is 21.5. The monoisotopic (exact) mass is 416 g/mol. The molecule has 0 unspecified atom stereocenters. The van der Waals surface area contributed by atoms with Gasteiger partial charge >= 0.3 is 5.88 Å². The SMILES string of the molecule is O=[N+]([O-])c1ccc(/C=N\Nc2nc(Nc3ccccc3)nc(Nc3ccccc3)n2)o1. The van der Waals surface area contributed by atoms with Crippen LogP contribution in [0.4, 0.5) is 35.1 Å². The van der Waals surface area contributed by atoms with Gasteiger partial charge in [-0.3, -0.25) is 10.1 Å². The highest BCUT2D eigenvalue weighted by Gasteiger charge is 2.11. The first-order chi connectivity index (χ1) is 15.2. The number of hydrogen-bond donors (Lipinski definition) is 3. The Labute approximate surface area is 176 Å². The molecule has 2 aromatic heterocycles. The number of hydrazone groups is 1. The first kappa shape index (κ1) is 19.5. The van der Waals surface area contributed by atoms with Crippen LogP contribution >= 0.6 is 0 Å². The van der Waals surface area contributed by atoms with E-state index in [1.807, 2.05) is 60.7 Å². The third-order valence-corrected chi connectivity index (χ3v) is 3.84. The summed E-state index contributed by atoms with van der Waals surface area (Å²) >= 11 is 0. The number of anilines is 5. The van der Waals surface area contributed by atoms with E-state index in [0.717, 1.165) is 11.4 Å². The number of para-hydroxylation sites is 2. The fourth-order valence-corrected chi connectivity index (χ4v) is 2.50. The predicted molar refractivity (Wildman–Crippen MR) is 116 cm³/mol. The van der Waals surface area contributed by atoms with Gasteiger partial charge in [0.1, 0.15) is 4.92 Å². The molecule has 0 aliphatic carbocycles. The van der Waals surface area contributed by atoms with E-state index in [-0.39, 0.29) is 17.6 Å². The van der Waals surface area contributed by atoms with Crippen molar-refractivity contribution in [3.05, 3.63) is 88.7 Å². The van der Waals surface area contributed by atoms with Gasteiger partial charge in [-0.05, 0) is 30.3 Å². The van der Waals surface area contributed by atoms with E-state index >= 15 is 0 Å². The molecule has 0 saturated heterocycles. The molecule has 11 nitrogen and oxygen atoms in total. The molecule has 0 fully saturated rings. The molecule has 31 heavy (non-hydrogen) atoms. The minimum Gasteiger partial charge on any atom is -0.400 e. The van der Waals surface area contributed by atoms with Gasteiger partial charge in [-0.1, -0.05) is 36.4 Å². The van der Waals surface area contributed by atoms with E-state index < -0.39 is 4.92 Å². The van der Waals surface area contributed by atoms with Crippen molar-refractivity contribution in [2.75, 3.05) is 16.1 Å². The number of nitrogens with one attached hydrogen (secondary N) is 3. The second kappa shape index (κ2) is 9.13. The third kappa shape index (κ3) is 5.38. The van der Waals surface area contributed by atoms with Crippen LogP contribution in [0.5, 0.6) is 0 Å². The Morgan fingerprint density at radius 3 is 1.87 bits per heavy atom. The van der Waals surface area contributed by atoms with Crippen LogP contribution in [0.1, 0.15) is 5.76 Å². The number of hydrogen-bond acceptors (Lipinski definition) is 10. The van der Waals surface area contributed by atoms with Crippen LogP contribution in [0.15, 0.2) is 82.3 Å². The molecule has 0 bridgehead atoms. The molecule has 0 amide bonds. The summed E-state index contributed by atoms with van der Waals surface area (Å²) in [7, 11) is 0. The molecule has 0 spiro atoms. The van der Waals surface area contributed by atoms with E-state index in [2.05, 4.69) is 36.1 Å². The maximum absolute atomic E-state index is 10.7. The Hall–Kier alpha value is -4.80. The van der Waals surface area contributed by atoms with Crippen molar-refractivity contribution in [3.63, 3.8) is 0 Å². The highest BCUT2D eigenvalue weighted by Crippen LogP contribution is 2.18. The van der Waals surface area contributed by atoms with Gasteiger partial charge in [-0.2, -0.15) is 20.1 Å². The van der Waals surface area contributed by atoms with Crippen molar-refractivity contribution in [2.45, 2.75) is 0 Å². The summed E-state index contributed by atoms with van der Waals surface area (Å²) in [4.78, 5) is 23.0. The lowest BCUT2D eigenvalue weighted by Crippen LogP contribution is -2.07. The Morgan fingerprint density at radius 1 is 0.806 bits per heavy atom. The zero-order valence-electron chi connectivity index (χ0n) is 16.0. The molecular weight excluding hydrogens is 400 g/mol. The van der Waals surface area contributed by atoms with Gasteiger partial charge in [0.05, 0.1) is 12.3 Å². The van der Waals surface area contributed by atoms with Crippen LogP contribution in [0.3, 0.4) is 0 Å². The standard InChI is InChI=1S/C20H16N8O3/c29-28(30)17-12-11-16(31-17)13-21-27-20-25-18(22-14-7-3-1-4-8-14)24-19(26-20)23-15-9-5-2-6-10-15/h1-13H,(H3,22,23,24,25,26,27)/b21-13-. The topological polar surface area (TPSA) is 143 Å². The summed E-state index contributed by atoms with van der Waals surface area (Å²) in [5.74, 6) is 0.588. The first-order valence-corrected chi connectivity index (χ1v) is 9.09. The van der Waals surface area contributed by atoms with Gasteiger partial charge in [0.2, 0.25) is 17.8 Å². The van der Waals surface area contributed by atoms with Crippen molar-refractivity contribution in [1.29, 1.82) is 0 Å². The summed E-state index contributed by atoms with van der Waals surface area (Å²) in [6.45, 7) is 0. The largest absolute Gasteiger partial charge is 0.433 e. The third-order valence-electron chi connectivity index (χ3n) is 3.84. The molecule has 0 aliphatic rings. The van der Waals surface area contributed by atoms with Crippen LogP contribution in [0.2, 0.25) is 0 Å². The van der Waals surface area contributed by atoms with E-state index in [9.17, 15) is 10.1 Å². The van der Waals surface area contributed by atoms with Gasteiger partial charge in [0, 0.05) is 11.4 Å². The Bertz CT molecular complexity index is 1140. The minimum absolute atomic E-state index is 0.157. The predicted octanol–water partition coefficient (Wildman–Crippen LogP) is 4.31. The molecule has 154 valence electrons. The molecule has 0 radical (unpaired) electrons. The molecule has 4 rings (SSSR count).